The Morgan fingerprint density at radius 3 is 0.873 bits per heavy atom. The molecule has 0 aromatic heterocycles. The largest absolute Gasteiger partial charge is 1.00 e. The zero-order valence-electron chi connectivity index (χ0n) is 35.4. The average Bonchev–Trinajstić information content (AvgIpc) is 3.12. The molecule has 2 aromatic rings. The van der Waals surface area contributed by atoms with Crippen molar-refractivity contribution in [2.45, 2.75) is 216 Å². The van der Waals surface area contributed by atoms with E-state index in [1.54, 1.807) is 12.1 Å². The fraction of sp³-hybridized carbons (Fsp3) is 0.727. The van der Waals surface area contributed by atoms with Gasteiger partial charge in [0, 0.05) is 0 Å². The van der Waals surface area contributed by atoms with Crippen molar-refractivity contribution in [3.63, 3.8) is 0 Å². The summed E-state index contributed by atoms with van der Waals surface area (Å²) in [6, 6.07) is 8.79. The van der Waals surface area contributed by atoms with Crippen molar-refractivity contribution in [3.8, 4) is 11.5 Å². The predicted molar refractivity (Wildman–Crippen MR) is 217 cm³/mol. The van der Waals surface area contributed by atoms with Gasteiger partial charge in [0.25, 0.3) is 0 Å². The Hall–Kier alpha value is 0.0600. The molecule has 2 rings (SSSR count). The molecule has 7 nitrogen and oxygen atoms in total. The smallest absolute Gasteiger partial charge is 0.744 e. The van der Waals surface area contributed by atoms with Crippen molar-refractivity contribution < 1.29 is 89.8 Å². The van der Waals surface area contributed by atoms with Gasteiger partial charge < -0.3 is 13.8 Å². The van der Waals surface area contributed by atoms with Crippen molar-refractivity contribution >= 4 is 20.2 Å². The zero-order chi connectivity index (χ0) is 38.6. The topological polar surface area (TPSA) is 124 Å². The quantitative estimate of drug-likeness (QED) is 0.0411. The Kier molecular flexibility index (Phi) is 33.9. The fourth-order valence-corrected chi connectivity index (χ4v) is 8.44. The van der Waals surface area contributed by atoms with Crippen LogP contribution in [0.3, 0.4) is 0 Å². The summed E-state index contributed by atoms with van der Waals surface area (Å²) >= 11 is 0. The molecule has 0 bridgehead atoms. The van der Waals surface area contributed by atoms with Crippen molar-refractivity contribution in [2.24, 2.45) is 0 Å². The molecular formula is C44H72Na2O7S2. The first kappa shape index (κ1) is 55.1. The third-order valence-corrected chi connectivity index (χ3v) is 12.1. The van der Waals surface area contributed by atoms with E-state index in [9.17, 15) is 25.9 Å². The molecule has 0 atom stereocenters. The number of ether oxygens (including phenoxy) is 1. The maximum atomic E-state index is 12.2. The Labute approximate surface area is 381 Å². The van der Waals surface area contributed by atoms with Crippen LogP contribution in [0.5, 0.6) is 11.5 Å². The van der Waals surface area contributed by atoms with Gasteiger partial charge in [0.2, 0.25) is 0 Å². The number of rotatable bonds is 34. The first-order chi connectivity index (χ1) is 25.6. The second kappa shape index (κ2) is 33.8. The van der Waals surface area contributed by atoms with E-state index in [1.807, 2.05) is 0 Å². The Bertz CT molecular complexity index is 1360. The van der Waals surface area contributed by atoms with Gasteiger partial charge in [-0.25, -0.2) is 16.8 Å². The van der Waals surface area contributed by atoms with Gasteiger partial charge in [-0.2, -0.15) is 0 Å². The number of hydrogen-bond acceptors (Lipinski definition) is 7. The summed E-state index contributed by atoms with van der Waals surface area (Å²) in [5.74, 6) is -0.566. The summed E-state index contributed by atoms with van der Waals surface area (Å²) in [5.41, 5.74) is 1.40. The van der Waals surface area contributed by atoms with Crippen LogP contribution in [-0.4, -0.2) is 25.9 Å². The molecule has 0 fully saturated rings. The van der Waals surface area contributed by atoms with Crippen LogP contribution in [-0.2, 0) is 33.1 Å². The molecular weight excluding hydrogens is 751 g/mol. The second-order valence-corrected chi connectivity index (χ2v) is 18.0. The predicted octanol–water partition coefficient (Wildman–Crippen LogP) is 7.34. The molecule has 0 aliphatic heterocycles. The van der Waals surface area contributed by atoms with E-state index in [2.05, 4.69) is 13.8 Å². The third-order valence-electron chi connectivity index (χ3n) is 10.4. The van der Waals surface area contributed by atoms with Gasteiger partial charge in [-0.05, 0) is 61.1 Å². The fourth-order valence-electron chi connectivity index (χ4n) is 7.14. The molecule has 0 N–H and O–H groups in total. The molecule has 0 heterocycles. The summed E-state index contributed by atoms with van der Waals surface area (Å²) in [6.07, 6.45) is 36.1. The molecule has 0 unspecified atom stereocenters. The molecule has 11 heteroatoms. The normalized spacial score (nSPS) is 11.6. The van der Waals surface area contributed by atoms with E-state index in [0.717, 1.165) is 38.5 Å². The Morgan fingerprint density at radius 2 is 0.636 bits per heavy atom. The molecule has 0 amide bonds. The van der Waals surface area contributed by atoms with Crippen LogP contribution in [0.4, 0.5) is 0 Å². The van der Waals surface area contributed by atoms with Crippen LogP contribution < -0.4 is 63.9 Å². The zero-order valence-corrected chi connectivity index (χ0v) is 41.0. The van der Waals surface area contributed by atoms with Crippen molar-refractivity contribution in [2.75, 3.05) is 0 Å². The van der Waals surface area contributed by atoms with E-state index in [4.69, 9.17) is 4.74 Å². The minimum absolute atomic E-state index is 0. The Morgan fingerprint density at radius 1 is 0.400 bits per heavy atom. The summed E-state index contributed by atoms with van der Waals surface area (Å²) < 4.78 is 79.1. The molecule has 2 aromatic carbocycles. The van der Waals surface area contributed by atoms with E-state index < -0.39 is 30.0 Å². The number of aryl methyl sites for hydroxylation is 2. The summed E-state index contributed by atoms with van der Waals surface area (Å²) in [4.78, 5) is -1.11. The van der Waals surface area contributed by atoms with Crippen molar-refractivity contribution in [1.82, 2.24) is 0 Å². The van der Waals surface area contributed by atoms with Gasteiger partial charge in [-0.1, -0.05) is 193 Å². The molecule has 0 saturated heterocycles. The van der Waals surface area contributed by atoms with E-state index >= 15 is 0 Å². The minimum atomic E-state index is -4.93. The van der Waals surface area contributed by atoms with Crippen LogP contribution >= 0.6 is 0 Å². The molecule has 0 aliphatic carbocycles. The van der Waals surface area contributed by atoms with Gasteiger partial charge in [0.05, 0.1) is 9.79 Å². The maximum Gasteiger partial charge on any atom is 1.00 e. The molecule has 55 heavy (non-hydrogen) atoms. The third kappa shape index (κ3) is 26.7. The van der Waals surface area contributed by atoms with Gasteiger partial charge >= 0.3 is 59.1 Å². The molecule has 0 aliphatic rings. The molecule has 304 valence electrons. The molecule has 0 spiro atoms. The average molecular weight is 823 g/mol. The summed E-state index contributed by atoms with van der Waals surface area (Å²) in [6.45, 7) is 4.49. The molecule has 0 saturated carbocycles. The van der Waals surface area contributed by atoms with Crippen molar-refractivity contribution in [3.05, 3.63) is 47.5 Å². The van der Waals surface area contributed by atoms with E-state index in [1.165, 1.54) is 166 Å². The Balaban J connectivity index is 0.0000146. The van der Waals surface area contributed by atoms with Crippen LogP contribution in [0.2, 0.25) is 0 Å². The first-order valence-corrected chi connectivity index (χ1v) is 24.2. The van der Waals surface area contributed by atoms with E-state index in [-0.39, 0.29) is 70.6 Å². The first-order valence-electron chi connectivity index (χ1n) is 21.4. The van der Waals surface area contributed by atoms with Crippen LogP contribution in [0.25, 0.3) is 0 Å². The molecule has 0 radical (unpaired) electrons. The minimum Gasteiger partial charge on any atom is -0.744 e. The number of hydrogen-bond donors (Lipinski definition) is 0. The SMILES string of the molecule is CCCCCCCCCCCCCCCCc1ccc(Oc2ccc(CCCCCCCCCCCCCCCC)cc2S(=O)(=O)[O-])c(S(=O)(=O)[O-])c1.[Na+].[Na+]. The van der Waals surface area contributed by atoms with Crippen LogP contribution in [0.1, 0.15) is 205 Å². The van der Waals surface area contributed by atoms with Crippen LogP contribution in [0.15, 0.2) is 46.2 Å². The van der Waals surface area contributed by atoms with Gasteiger partial charge in [0.15, 0.2) is 0 Å². The van der Waals surface area contributed by atoms with Crippen molar-refractivity contribution in [1.29, 1.82) is 0 Å². The monoisotopic (exact) mass is 822 g/mol. The standard InChI is InChI=1S/C44H74O7S2.2Na/c1-3-5-7-9-11-13-15-17-19-21-23-25-27-29-31-39-33-35-41(43(37-39)52(45,46)47)51-42-36-34-40(38-44(42)53(48,49)50)32-30-28-26-24-22-20-18-16-14-12-10-8-6-4-2;;/h33-38H,3-32H2,1-2H3,(H,45,46,47)(H,48,49,50);;/q;2*+1/p-2. The van der Waals surface area contributed by atoms with Gasteiger partial charge in [-0.3, -0.25) is 0 Å². The van der Waals surface area contributed by atoms with E-state index in [0.29, 0.717) is 24.0 Å². The van der Waals surface area contributed by atoms with Gasteiger partial charge in [-0.15, -0.1) is 0 Å². The summed E-state index contributed by atoms with van der Waals surface area (Å²) in [5, 5.41) is 0. The number of unbranched alkanes of at least 4 members (excludes halogenated alkanes) is 26. The van der Waals surface area contributed by atoms with Gasteiger partial charge in [0.1, 0.15) is 31.7 Å². The number of benzene rings is 2. The van der Waals surface area contributed by atoms with Crippen LogP contribution in [0, 0.1) is 0 Å². The summed E-state index contributed by atoms with van der Waals surface area (Å²) in [7, 11) is -9.85. The maximum absolute atomic E-state index is 12.2. The second-order valence-electron chi connectivity index (χ2n) is 15.3.